The number of carbonyl (C=O) groups is 2. The van der Waals surface area contributed by atoms with E-state index in [1.54, 1.807) is 0 Å². The van der Waals surface area contributed by atoms with Gasteiger partial charge in [0.2, 0.25) is 11.6 Å². The van der Waals surface area contributed by atoms with Gasteiger partial charge in [0.1, 0.15) is 0 Å². The molecule has 0 amide bonds. The molecule has 0 aromatic heterocycles. The molecule has 0 aromatic carbocycles. The van der Waals surface area contributed by atoms with Crippen molar-refractivity contribution in [1.29, 1.82) is 0 Å². The van der Waals surface area contributed by atoms with E-state index in [4.69, 9.17) is 0 Å². The van der Waals surface area contributed by atoms with Gasteiger partial charge < -0.3 is 0 Å². The molecular formula is C5H4CaF6O2. The summed E-state index contributed by atoms with van der Waals surface area (Å²) in [6.45, 7) is 0. The summed E-state index contributed by atoms with van der Waals surface area (Å²) in [5.41, 5.74) is 0. The summed E-state index contributed by atoms with van der Waals surface area (Å²) in [5.74, 6) is -5.40. The Balaban J connectivity index is 0. The van der Waals surface area contributed by atoms with E-state index in [1.807, 2.05) is 0 Å². The van der Waals surface area contributed by atoms with Crippen LogP contribution in [0.3, 0.4) is 0 Å². The Kier molecular flexibility index (Phi) is 6.30. The third-order valence-corrected chi connectivity index (χ3v) is 0.953. The van der Waals surface area contributed by atoms with E-state index in [1.165, 1.54) is 0 Å². The van der Waals surface area contributed by atoms with Crippen molar-refractivity contribution in [3.63, 3.8) is 0 Å². The minimum atomic E-state index is -5.40. The molecule has 0 saturated carbocycles. The summed E-state index contributed by atoms with van der Waals surface area (Å²) >= 11 is 0. The Morgan fingerprint density at radius 2 is 1.00 bits per heavy atom. The second-order valence-electron chi connectivity index (χ2n) is 2.02. The topological polar surface area (TPSA) is 34.1 Å². The Bertz CT molecular complexity index is 205. The number of hydrogen-bond acceptors (Lipinski definition) is 2. The second-order valence-corrected chi connectivity index (χ2v) is 2.02. The van der Waals surface area contributed by atoms with Crippen LogP contribution in [-0.4, -0.2) is 61.7 Å². The van der Waals surface area contributed by atoms with E-state index in [0.29, 0.717) is 0 Å². The van der Waals surface area contributed by atoms with Crippen LogP contribution in [0.4, 0.5) is 26.3 Å². The zero-order valence-electron chi connectivity index (χ0n) is 5.79. The number of carbonyl (C=O) groups excluding carboxylic acids is 2. The second kappa shape index (κ2) is 5.31. The molecule has 0 saturated heterocycles. The van der Waals surface area contributed by atoms with Gasteiger partial charge >= 0.3 is 50.1 Å². The maximum absolute atomic E-state index is 11.3. The molecule has 0 rings (SSSR count). The molecule has 0 fully saturated rings. The third-order valence-electron chi connectivity index (χ3n) is 0.953. The summed E-state index contributed by atoms with van der Waals surface area (Å²) < 4.78 is 68.0. The Morgan fingerprint density at radius 3 is 1.14 bits per heavy atom. The summed E-state index contributed by atoms with van der Waals surface area (Å²) in [6.07, 6.45) is -13.0. The quantitative estimate of drug-likeness (QED) is 0.411. The van der Waals surface area contributed by atoms with Crippen molar-refractivity contribution in [2.24, 2.45) is 0 Å². The van der Waals surface area contributed by atoms with E-state index < -0.39 is 30.3 Å². The molecular weight excluding hydrogens is 246 g/mol. The van der Waals surface area contributed by atoms with E-state index in [2.05, 4.69) is 0 Å². The predicted octanol–water partition coefficient (Wildman–Crippen LogP) is 0.723. The zero-order chi connectivity index (χ0) is 10.9. The fraction of sp³-hybridized carbons (Fsp3) is 0.600. The summed E-state index contributed by atoms with van der Waals surface area (Å²) in [4.78, 5) is 19.8. The molecule has 14 heavy (non-hydrogen) atoms. The van der Waals surface area contributed by atoms with Crippen molar-refractivity contribution >= 4 is 49.3 Å². The van der Waals surface area contributed by atoms with Crippen LogP contribution in [0.5, 0.6) is 0 Å². The molecule has 0 spiro atoms. The van der Waals surface area contributed by atoms with Gasteiger partial charge in [-0.3, -0.25) is 9.59 Å². The van der Waals surface area contributed by atoms with Gasteiger partial charge in [0.25, 0.3) is 0 Å². The van der Waals surface area contributed by atoms with Crippen LogP contribution in [0.15, 0.2) is 0 Å². The van der Waals surface area contributed by atoms with Gasteiger partial charge in [0.05, 0.1) is 6.42 Å². The predicted molar refractivity (Wildman–Crippen MR) is 35.3 cm³/mol. The van der Waals surface area contributed by atoms with Gasteiger partial charge in [-0.15, -0.1) is 0 Å². The number of rotatable bonds is 2. The molecule has 0 N–H and O–H groups in total. The molecule has 80 valence electrons. The monoisotopic (exact) mass is 250 g/mol. The van der Waals surface area contributed by atoms with Crippen molar-refractivity contribution in [3.05, 3.63) is 0 Å². The SMILES string of the molecule is O=C(CC(=O)C(F)(F)F)C(F)(F)F.[CaH2]. The first-order valence-electron chi connectivity index (χ1n) is 2.75. The molecule has 0 unspecified atom stereocenters. The first-order valence-corrected chi connectivity index (χ1v) is 2.75. The van der Waals surface area contributed by atoms with Crippen molar-refractivity contribution in [2.75, 3.05) is 0 Å². The summed E-state index contributed by atoms with van der Waals surface area (Å²) in [6, 6.07) is 0. The Morgan fingerprint density at radius 1 is 0.786 bits per heavy atom. The van der Waals surface area contributed by atoms with Crippen LogP contribution in [0.2, 0.25) is 0 Å². The van der Waals surface area contributed by atoms with E-state index in [-0.39, 0.29) is 37.7 Å². The molecule has 0 bridgehead atoms. The van der Waals surface area contributed by atoms with Crippen LogP contribution in [0.25, 0.3) is 0 Å². The van der Waals surface area contributed by atoms with Crippen LogP contribution in [0, 0.1) is 0 Å². The van der Waals surface area contributed by atoms with Gasteiger partial charge in [-0.25, -0.2) is 0 Å². The normalized spacial score (nSPS) is 11.9. The standard InChI is InChI=1S/C5H2F6O2.Ca.2H/c6-4(7,8)2(12)1-3(13)5(9,10)11;;;/h1H2;;;. The number of hydrogen-bond donors (Lipinski definition) is 0. The number of ketones is 2. The van der Waals surface area contributed by atoms with Gasteiger partial charge in [-0.05, 0) is 0 Å². The number of halogens is 6. The first kappa shape index (κ1) is 16.6. The number of alkyl halides is 6. The molecule has 9 heteroatoms. The maximum atomic E-state index is 11.3. The van der Waals surface area contributed by atoms with Crippen LogP contribution < -0.4 is 0 Å². The molecule has 0 heterocycles. The summed E-state index contributed by atoms with van der Waals surface area (Å²) in [7, 11) is 0. The van der Waals surface area contributed by atoms with Crippen molar-refractivity contribution in [1.82, 2.24) is 0 Å². The Hall–Kier alpha value is 0.180. The minimum absolute atomic E-state index is 0. The van der Waals surface area contributed by atoms with Crippen molar-refractivity contribution < 1.29 is 35.9 Å². The molecule has 0 atom stereocenters. The molecule has 0 aliphatic carbocycles. The van der Waals surface area contributed by atoms with E-state index in [0.717, 1.165) is 0 Å². The molecule has 0 aliphatic heterocycles. The zero-order valence-corrected chi connectivity index (χ0v) is 5.79. The van der Waals surface area contributed by atoms with Crippen LogP contribution >= 0.6 is 0 Å². The van der Waals surface area contributed by atoms with Crippen LogP contribution in [-0.2, 0) is 9.59 Å². The first-order chi connectivity index (χ1) is 5.55. The third kappa shape index (κ3) is 5.82. The molecule has 0 aliphatic rings. The molecule has 0 aromatic rings. The Labute approximate surface area is 104 Å². The van der Waals surface area contributed by atoms with Gasteiger partial charge in [-0.2, -0.15) is 26.3 Å². The van der Waals surface area contributed by atoms with Crippen molar-refractivity contribution in [2.45, 2.75) is 18.8 Å². The fourth-order valence-electron chi connectivity index (χ4n) is 0.346. The fourth-order valence-corrected chi connectivity index (χ4v) is 0.346. The van der Waals surface area contributed by atoms with Crippen molar-refractivity contribution in [3.8, 4) is 0 Å². The van der Waals surface area contributed by atoms with E-state index in [9.17, 15) is 35.9 Å². The van der Waals surface area contributed by atoms with Gasteiger partial charge in [0.15, 0.2) is 0 Å². The molecule has 2 nitrogen and oxygen atoms in total. The summed E-state index contributed by atoms with van der Waals surface area (Å²) in [5, 5.41) is 0. The van der Waals surface area contributed by atoms with Gasteiger partial charge in [-0.1, -0.05) is 0 Å². The van der Waals surface area contributed by atoms with Gasteiger partial charge in [0, 0.05) is 0 Å². The average Bonchev–Trinajstić information content (AvgIpc) is 1.82. The van der Waals surface area contributed by atoms with E-state index >= 15 is 0 Å². The molecule has 0 radical (unpaired) electrons. The number of Topliss-reactive ketones (excluding diaryl/α,β-unsaturated/α-hetero) is 2. The van der Waals surface area contributed by atoms with Crippen LogP contribution in [0.1, 0.15) is 6.42 Å². The average molecular weight is 250 g/mol.